The maximum atomic E-state index is 10.9. The van der Waals surface area contributed by atoms with Gasteiger partial charge in [-0.3, -0.25) is 10.1 Å². The summed E-state index contributed by atoms with van der Waals surface area (Å²) in [6.45, 7) is 0.847. The fourth-order valence-corrected chi connectivity index (χ4v) is 3.80. The number of benzene rings is 2. The van der Waals surface area contributed by atoms with Crippen molar-refractivity contribution in [3.05, 3.63) is 68.2 Å². The van der Waals surface area contributed by atoms with Crippen molar-refractivity contribution in [1.82, 2.24) is 9.78 Å². The topological polar surface area (TPSA) is 73.0 Å². The Labute approximate surface area is 165 Å². The molecule has 4 rings (SSSR count). The van der Waals surface area contributed by atoms with Crippen molar-refractivity contribution in [2.24, 2.45) is 0 Å². The van der Waals surface area contributed by atoms with Crippen LogP contribution >= 0.6 is 23.2 Å². The van der Waals surface area contributed by atoms with Crippen LogP contribution in [0.5, 0.6) is 0 Å². The molecule has 1 N–H and O–H groups in total. The predicted molar refractivity (Wildman–Crippen MR) is 107 cm³/mol. The molecule has 0 aliphatic carbocycles. The Balaban J connectivity index is 1.87. The molecule has 0 bridgehead atoms. The largest absolute Gasteiger partial charge is 0.370 e. The first-order valence-corrected chi connectivity index (χ1v) is 9.36. The van der Waals surface area contributed by atoms with Crippen LogP contribution in [0.25, 0.3) is 16.9 Å². The summed E-state index contributed by atoms with van der Waals surface area (Å²) < 4.78 is 1.80. The number of nitrogens with zero attached hydrogens (tertiary/aromatic N) is 3. The molecular formula is C19H16Cl2N4O2. The van der Waals surface area contributed by atoms with Gasteiger partial charge in [0.25, 0.3) is 5.69 Å². The smallest absolute Gasteiger partial charge is 0.269 e. The minimum Gasteiger partial charge on any atom is -0.370 e. The number of nitro benzene ring substituents is 1. The Hall–Kier alpha value is -2.57. The summed E-state index contributed by atoms with van der Waals surface area (Å²) in [5, 5.41) is 20.3. The van der Waals surface area contributed by atoms with E-state index < -0.39 is 4.92 Å². The molecule has 0 saturated heterocycles. The van der Waals surface area contributed by atoms with E-state index in [2.05, 4.69) is 5.32 Å². The van der Waals surface area contributed by atoms with Gasteiger partial charge in [0.2, 0.25) is 0 Å². The van der Waals surface area contributed by atoms with Crippen LogP contribution in [-0.2, 0) is 6.42 Å². The van der Waals surface area contributed by atoms with E-state index in [1.54, 1.807) is 28.9 Å². The van der Waals surface area contributed by atoms with Crippen molar-refractivity contribution in [1.29, 1.82) is 0 Å². The summed E-state index contributed by atoms with van der Waals surface area (Å²) in [6, 6.07) is 11.7. The third-order valence-electron chi connectivity index (χ3n) is 4.62. The molecule has 0 unspecified atom stereocenters. The van der Waals surface area contributed by atoms with Gasteiger partial charge < -0.3 is 5.32 Å². The highest BCUT2D eigenvalue weighted by Crippen LogP contribution is 2.37. The van der Waals surface area contributed by atoms with Gasteiger partial charge in [-0.2, -0.15) is 5.10 Å². The summed E-state index contributed by atoms with van der Waals surface area (Å²) in [5.41, 5.74) is 3.52. The third-order valence-corrected chi connectivity index (χ3v) is 5.17. The standard InChI is InChI=1S/C19H16Cl2N4O2/c20-12-4-9-15(17(21)11-12)18-16-3-1-2-10-22-19(16)24(23-18)13-5-7-14(8-6-13)25(26)27/h4-9,11,22H,1-3,10H2. The summed E-state index contributed by atoms with van der Waals surface area (Å²) in [4.78, 5) is 10.5. The van der Waals surface area contributed by atoms with E-state index in [0.29, 0.717) is 10.0 Å². The van der Waals surface area contributed by atoms with E-state index in [0.717, 1.165) is 54.1 Å². The van der Waals surface area contributed by atoms with Crippen molar-refractivity contribution in [2.75, 3.05) is 11.9 Å². The number of fused-ring (bicyclic) bond motifs is 1. The van der Waals surface area contributed by atoms with Crippen LogP contribution in [-0.4, -0.2) is 21.2 Å². The maximum absolute atomic E-state index is 10.9. The number of anilines is 1. The van der Waals surface area contributed by atoms with Crippen LogP contribution in [0.2, 0.25) is 10.0 Å². The second kappa shape index (κ2) is 7.21. The number of rotatable bonds is 3. The SMILES string of the molecule is O=[N+]([O-])c1ccc(-n2nc(-c3ccc(Cl)cc3Cl)c3c2NCCCC3)cc1. The molecular weight excluding hydrogens is 387 g/mol. The maximum Gasteiger partial charge on any atom is 0.269 e. The van der Waals surface area contributed by atoms with Gasteiger partial charge in [0.05, 0.1) is 21.3 Å². The fraction of sp³-hybridized carbons (Fsp3) is 0.211. The molecule has 138 valence electrons. The molecule has 1 aliphatic rings. The normalized spacial score (nSPS) is 13.6. The number of hydrogen-bond acceptors (Lipinski definition) is 4. The number of nitrogens with one attached hydrogen (secondary N) is 1. The molecule has 0 amide bonds. The molecule has 0 radical (unpaired) electrons. The van der Waals surface area contributed by atoms with E-state index in [-0.39, 0.29) is 5.69 Å². The highest BCUT2D eigenvalue weighted by atomic mass is 35.5. The summed E-state index contributed by atoms with van der Waals surface area (Å²) >= 11 is 12.5. The van der Waals surface area contributed by atoms with Crippen LogP contribution in [0.1, 0.15) is 18.4 Å². The monoisotopic (exact) mass is 402 g/mol. The first kappa shape index (κ1) is 17.8. The van der Waals surface area contributed by atoms with Crippen LogP contribution < -0.4 is 5.32 Å². The predicted octanol–water partition coefficient (Wildman–Crippen LogP) is 5.50. The van der Waals surface area contributed by atoms with Gasteiger partial charge in [0.15, 0.2) is 0 Å². The molecule has 27 heavy (non-hydrogen) atoms. The number of nitro groups is 1. The van der Waals surface area contributed by atoms with Crippen LogP contribution in [0.15, 0.2) is 42.5 Å². The zero-order chi connectivity index (χ0) is 19.0. The van der Waals surface area contributed by atoms with E-state index in [1.165, 1.54) is 12.1 Å². The second-order valence-electron chi connectivity index (χ2n) is 6.37. The van der Waals surface area contributed by atoms with E-state index >= 15 is 0 Å². The van der Waals surface area contributed by atoms with Gasteiger partial charge >= 0.3 is 0 Å². The van der Waals surface area contributed by atoms with Crippen molar-refractivity contribution < 1.29 is 4.92 Å². The summed E-state index contributed by atoms with van der Waals surface area (Å²) in [6.07, 6.45) is 2.98. The quantitative estimate of drug-likeness (QED) is 0.463. The van der Waals surface area contributed by atoms with Gasteiger partial charge in [-0.15, -0.1) is 0 Å². The molecule has 3 aromatic rings. The van der Waals surface area contributed by atoms with Crippen molar-refractivity contribution in [3.63, 3.8) is 0 Å². The minimum absolute atomic E-state index is 0.0472. The van der Waals surface area contributed by atoms with Gasteiger partial charge in [-0.05, 0) is 49.6 Å². The van der Waals surface area contributed by atoms with Gasteiger partial charge in [0, 0.05) is 34.8 Å². The summed E-state index contributed by atoms with van der Waals surface area (Å²) in [7, 11) is 0. The lowest BCUT2D eigenvalue weighted by Crippen LogP contribution is -2.07. The zero-order valence-electron chi connectivity index (χ0n) is 14.3. The fourth-order valence-electron chi connectivity index (χ4n) is 3.30. The second-order valence-corrected chi connectivity index (χ2v) is 7.21. The molecule has 0 spiro atoms. The molecule has 6 nitrogen and oxygen atoms in total. The van der Waals surface area contributed by atoms with Gasteiger partial charge in [-0.25, -0.2) is 4.68 Å². The van der Waals surface area contributed by atoms with Crippen molar-refractivity contribution >= 4 is 34.7 Å². The highest BCUT2D eigenvalue weighted by molar-refractivity contribution is 6.36. The van der Waals surface area contributed by atoms with Crippen LogP contribution in [0, 0.1) is 10.1 Å². The van der Waals surface area contributed by atoms with Gasteiger partial charge in [-0.1, -0.05) is 23.2 Å². The Kier molecular flexibility index (Phi) is 4.76. The average Bonchev–Trinajstić information content (AvgIpc) is 2.83. The third kappa shape index (κ3) is 3.38. The lowest BCUT2D eigenvalue weighted by atomic mass is 10.0. The van der Waals surface area contributed by atoms with Gasteiger partial charge in [0.1, 0.15) is 5.82 Å². The minimum atomic E-state index is -0.412. The molecule has 8 heteroatoms. The molecule has 2 heterocycles. The number of halogens is 2. The number of non-ortho nitro benzene ring substituents is 1. The summed E-state index contributed by atoms with van der Waals surface area (Å²) in [5.74, 6) is 0.905. The van der Waals surface area contributed by atoms with Crippen LogP contribution in [0.4, 0.5) is 11.5 Å². The number of hydrogen-bond donors (Lipinski definition) is 1. The van der Waals surface area contributed by atoms with E-state index in [1.807, 2.05) is 6.07 Å². The Morgan fingerprint density at radius 3 is 2.59 bits per heavy atom. The number of aromatic nitrogens is 2. The Morgan fingerprint density at radius 2 is 1.89 bits per heavy atom. The van der Waals surface area contributed by atoms with E-state index in [9.17, 15) is 10.1 Å². The highest BCUT2D eigenvalue weighted by Gasteiger charge is 2.23. The molecule has 0 fully saturated rings. The first-order valence-electron chi connectivity index (χ1n) is 8.60. The average molecular weight is 403 g/mol. The molecule has 1 aromatic heterocycles. The van der Waals surface area contributed by atoms with E-state index in [4.69, 9.17) is 28.3 Å². The Morgan fingerprint density at radius 1 is 1.11 bits per heavy atom. The molecule has 0 saturated carbocycles. The molecule has 0 atom stereocenters. The zero-order valence-corrected chi connectivity index (χ0v) is 15.8. The van der Waals surface area contributed by atoms with Crippen molar-refractivity contribution in [2.45, 2.75) is 19.3 Å². The first-order chi connectivity index (χ1) is 13.0. The lowest BCUT2D eigenvalue weighted by molar-refractivity contribution is -0.384. The van der Waals surface area contributed by atoms with Crippen molar-refractivity contribution in [3.8, 4) is 16.9 Å². The Bertz CT molecular complexity index is 1020. The lowest BCUT2D eigenvalue weighted by Gasteiger charge is -2.09. The van der Waals surface area contributed by atoms with Crippen LogP contribution in [0.3, 0.4) is 0 Å². The molecule has 2 aromatic carbocycles. The molecule has 1 aliphatic heterocycles.